The number of esters is 2. The Hall–Kier alpha value is -1.71. The summed E-state index contributed by atoms with van der Waals surface area (Å²) < 4.78 is 33.4. The maximum Gasteiger partial charge on any atom is 0.472 e. The molecule has 0 spiro atoms. The van der Waals surface area contributed by atoms with E-state index in [0.29, 0.717) is 12.8 Å². The molecule has 0 bridgehead atoms. The lowest BCUT2D eigenvalue weighted by atomic mass is 9.85. The summed E-state index contributed by atoms with van der Waals surface area (Å²) in [5, 5.41) is 60.0. The SMILES string of the molecule is CCCCCCCCCCCCCCCC(=O)OCC(COP(=O)(O)OC1C(O)C(O)C(O)C(O)C1O)OC(=O)CCCCCCCC=CC=CC(O)CCCCC. The van der Waals surface area contributed by atoms with Crippen molar-refractivity contribution in [2.45, 2.75) is 223 Å². The molecule has 7 atom stereocenters. The van der Waals surface area contributed by atoms with Crippen LogP contribution in [0.3, 0.4) is 0 Å². The number of hydrogen-bond acceptors (Lipinski definition) is 13. The minimum Gasteiger partial charge on any atom is -0.462 e. The molecule has 0 aliphatic heterocycles. The zero-order valence-electron chi connectivity index (χ0n) is 35.5. The predicted molar refractivity (Wildman–Crippen MR) is 223 cm³/mol. The van der Waals surface area contributed by atoms with Crippen molar-refractivity contribution in [1.29, 1.82) is 0 Å². The molecule has 0 saturated heterocycles. The molecule has 7 unspecified atom stereocenters. The second-order valence-corrected chi connectivity index (χ2v) is 17.2. The van der Waals surface area contributed by atoms with E-state index in [9.17, 15) is 49.7 Å². The third kappa shape index (κ3) is 26.5. The molecule has 0 amide bonds. The highest BCUT2D eigenvalue weighted by atomic mass is 31.2. The second kappa shape index (κ2) is 33.9. The average molecular weight is 851 g/mol. The van der Waals surface area contributed by atoms with Crippen molar-refractivity contribution in [3.8, 4) is 0 Å². The van der Waals surface area contributed by atoms with Gasteiger partial charge in [0.2, 0.25) is 0 Å². The van der Waals surface area contributed by atoms with Crippen LogP contribution in [-0.2, 0) is 32.7 Å². The molecule has 0 aromatic heterocycles. The van der Waals surface area contributed by atoms with Gasteiger partial charge in [0.15, 0.2) is 6.10 Å². The Kier molecular flexibility index (Phi) is 31.8. The van der Waals surface area contributed by atoms with E-state index < -0.39 is 81.8 Å². The van der Waals surface area contributed by atoms with Crippen molar-refractivity contribution in [3.05, 3.63) is 24.3 Å². The van der Waals surface area contributed by atoms with Gasteiger partial charge in [-0.25, -0.2) is 4.57 Å². The molecule has 0 radical (unpaired) electrons. The highest BCUT2D eigenvalue weighted by Gasteiger charge is 2.51. The molecule has 14 nitrogen and oxygen atoms in total. The van der Waals surface area contributed by atoms with E-state index in [1.165, 1.54) is 57.8 Å². The van der Waals surface area contributed by atoms with Crippen molar-refractivity contribution in [1.82, 2.24) is 0 Å². The topological polar surface area (TPSA) is 230 Å². The van der Waals surface area contributed by atoms with Gasteiger partial charge in [-0.15, -0.1) is 0 Å². The molecule has 0 aromatic rings. The van der Waals surface area contributed by atoms with Crippen LogP contribution in [0, 0.1) is 0 Å². The Balaban J connectivity index is 2.51. The summed E-state index contributed by atoms with van der Waals surface area (Å²) in [4.78, 5) is 35.6. The van der Waals surface area contributed by atoms with Gasteiger partial charge in [-0.1, -0.05) is 154 Å². The number of aliphatic hydroxyl groups is 6. The van der Waals surface area contributed by atoms with Gasteiger partial charge >= 0.3 is 19.8 Å². The highest BCUT2D eigenvalue weighted by molar-refractivity contribution is 7.47. The number of unbranched alkanes of at least 4 members (excludes halogenated alkanes) is 19. The minimum absolute atomic E-state index is 0.0561. The molecular formula is C43H79O14P. The van der Waals surface area contributed by atoms with Crippen LogP contribution < -0.4 is 0 Å². The second-order valence-electron chi connectivity index (χ2n) is 15.8. The van der Waals surface area contributed by atoms with E-state index in [1.54, 1.807) is 0 Å². The zero-order chi connectivity index (χ0) is 43.0. The Morgan fingerprint density at radius 3 is 1.62 bits per heavy atom. The third-order valence-corrected chi connectivity index (χ3v) is 11.4. The molecule has 0 aromatic carbocycles. The lowest BCUT2D eigenvalue weighted by molar-refractivity contribution is -0.220. The molecule has 58 heavy (non-hydrogen) atoms. The predicted octanol–water partition coefficient (Wildman–Crippen LogP) is 7.03. The van der Waals surface area contributed by atoms with Crippen LogP contribution in [0.2, 0.25) is 0 Å². The number of carbonyl (C=O) groups is 2. The summed E-state index contributed by atoms with van der Waals surface area (Å²) in [5.74, 6) is -1.15. The Morgan fingerprint density at radius 2 is 1.07 bits per heavy atom. The maximum absolute atomic E-state index is 12.8. The fourth-order valence-corrected chi connectivity index (χ4v) is 7.69. The van der Waals surface area contributed by atoms with Gasteiger partial charge in [0, 0.05) is 12.8 Å². The fourth-order valence-electron chi connectivity index (χ4n) is 6.72. The van der Waals surface area contributed by atoms with Crippen molar-refractivity contribution in [3.63, 3.8) is 0 Å². The van der Waals surface area contributed by atoms with Crippen LogP contribution in [0.4, 0.5) is 0 Å². The first-order valence-corrected chi connectivity index (χ1v) is 23.7. The van der Waals surface area contributed by atoms with Gasteiger partial charge in [0.05, 0.1) is 12.7 Å². The molecule has 0 heterocycles. The molecule has 1 saturated carbocycles. The lowest BCUT2D eigenvalue weighted by Crippen LogP contribution is -2.64. The number of aliphatic hydroxyl groups excluding tert-OH is 6. The number of phosphoric ester groups is 1. The summed E-state index contributed by atoms with van der Waals surface area (Å²) >= 11 is 0. The number of hydrogen-bond donors (Lipinski definition) is 7. The van der Waals surface area contributed by atoms with Crippen molar-refractivity contribution in [2.24, 2.45) is 0 Å². The first kappa shape index (κ1) is 54.3. The van der Waals surface area contributed by atoms with E-state index in [4.69, 9.17) is 18.5 Å². The lowest BCUT2D eigenvalue weighted by Gasteiger charge is -2.41. The summed E-state index contributed by atoms with van der Waals surface area (Å²) in [5.41, 5.74) is 0. The molecule has 1 fully saturated rings. The van der Waals surface area contributed by atoms with E-state index >= 15 is 0 Å². The maximum atomic E-state index is 12.8. The number of ether oxygens (including phenoxy) is 2. The van der Waals surface area contributed by atoms with Crippen LogP contribution in [0.5, 0.6) is 0 Å². The monoisotopic (exact) mass is 851 g/mol. The van der Waals surface area contributed by atoms with Crippen molar-refractivity contribution in [2.75, 3.05) is 13.2 Å². The zero-order valence-corrected chi connectivity index (χ0v) is 36.3. The first-order valence-electron chi connectivity index (χ1n) is 22.2. The third-order valence-electron chi connectivity index (χ3n) is 10.4. The van der Waals surface area contributed by atoms with Gasteiger partial charge in [-0.05, 0) is 32.1 Å². The van der Waals surface area contributed by atoms with Gasteiger partial charge in [-0.3, -0.25) is 18.6 Å². The molecule has 15 heteroatoms. The fraction of sp³-hybridized carbons (Fsp3) is 0.860. The number of carbonyl (C=O) groups excluding carboxylic acids is 2. The van der Waals surface area contributed by atoms with Crippen LogP contribution in [0.1, 0.15) is 174 Å². The molecule has 7 N–H and O–H groups in total. The largest absolute Gasteiger partial charge is 0.472 e. The first-order chi connectivity index (χ1) is 27.8. The molecular weight excluding hydrogens is 771 g/mol. The molecule has 1 rings (SSSR count). The van der Waals surface area contributed by atoms with Gasteiger partial charge < -0.3 is 45.0 Å². The normalized spacial score (nSPS) is 23.3. The highest BCUT2D eigenvalue weighted by Crippen LogP contribution is 2.47. The van der Waals surface area contributed by atoms with E-state index in [2.05, 4.69) is 19.9 Å². The number of phosphoric acid groups is 1. The standard InChI is InChI=1S/C43H79O14P/c1-3-5-7-8-9-10-11-12-13-16-19-22-26-30-36(45)54-32-35(33-55-58(52,53)57-43-41(50)39(48)38(47)40(49)42(43)51)56-37(46)31-27-23-20-17-14-15-18-21-25-29-34(44)28-24-6-4-2/h18,21,25,29,34-35,38-44,47-51H,3-17,19-20,22-24,26-28,30-33H2,1-2H3,(H,52,53). The summed E-state index contributed by atoms with van der Waals surface area (Å²) in [6.07, 6.45) is 18.4. The number of rotatable bonds is 36. The van der Waals surface area contributed by atoms with Gasteiger partial charge in [0.1, 0.15) is 43.2 Å². The van der Waals surface area contributed by atoms with Crippen molar-refractivity contribution >= 4 is 19.8 Å². The molecule has 340 valence electrons. The average Bonchev–Trinajstić information content (AvgIpc) is 3.19. The Bertz CT molecular complexity index is 1140. The summed E-state index contributed by atoms with van der Waals surface area (Å²) in [6.45, 7) is 3.15. The van der Waals surface area contributed by atoms with Gasteiger partial charge in [-0.2, -0.15) is 0 Å². The van der Waals surface area contributed by atoms with Crippen LogP contribution in [0.25, 0.3) is 0 Å². The minimum atomic E-state index is -5.13. The van der Waals surface area contributed by atoms with E-state index in [-0.39, 0.29) is 12.8 Å². The summed E-state index contributed by atoms with van der Waals surface area (Å²) in [7, 11) is -5.13. The molecule has 1 aliphatic carbocycles. The Labute approximate surface area is 348 Å². The smallest absolute Gasteiger partial charge is 0.462 e. The number of allylic oxidation sites excluding steroid dienone is 3. The van der Waals surface area contributed by atoms with Crippen molar-refractivity contribution < 1.29 is 68.2 Å². The van der Waals surface area contributed by atoms with E-state index in [1.807, 2.05) is 18.2 Å². The van der Waals surface area contributed by atoms with Crippen LogP contribution in [0.15, 0.2) is 24.3 Å². The summed E-state index contributed by atoms with van der Waals surface area (Å²) in [6, 6.07) is 0. The van der Waals surface area contributed by atoms with E-state index in [0.717, 1.165) is 77.0 Å². The Morgan fingerprint density at radius 1 is 0.603 bits per heavy atom. The van der Waals surface area contributed by atoms with Crippen LogP contribution in [-0.4, -0.2) is 110 Å². The molecule has 1 aliphatic rings. The van der Waals surface area contributed by atoms with Crippen LogP contribution >= 0.6 is 7.82 Å². The van der Waals surface area contributed by atoms with Gasteiger partial charge in [0.25, 0.3) is 0 Å². The quantitative estimate of drug-likeness (QED) is 0.0145.